The molecule has 1 amide bonds. The lowest BCUT2D eigenvalue weighted by atomic mass is 10.1. The fraction of sp³-hybridized carbons (Fsp3) is 0.267. The van der Waals surface area contributed by atoms with E-state index in [0.717, 1.165) is 6.08 Å². The first-order valence-corrected chi connectivity index (χ1v) is 6.63. The first-order valence-electron chi connectivity index (χ1n) is 6.63. The van der Waals surface area contributed by atoms with Crippen molar-refractivity contribution < 1.29 is 34.4 Å². The molecule has 0 aliphatic rings. The molecule has 0 saturated heterocycles. The molecule has 1 rings (SSSR count). The van der Waals surface area contributed by atoms with Gasteiger partial charge in [0.2, 0.25) is 5.91 Å². The van der Waals surface area contributed by atoms with Gasteiger partial charge in [-0.15, -0.1) is 0 Å². The number of hydrogen-bond acceptors (Lipinski definition) is 5. The molecule has 0 saturated carbocycles. The zero-order chi connectivity index (χ0) is 17.4. The lowest BCUT2D eigenvalue weighted by Crippen LogP contribution is -2.40. The van der Waals surface area contributed by atoms with Crippen LogP contribution in [0, 0.1) is 0 Å². The number of phenolic OH excluding ortho intramolecular Hbond substituents is 1. The summed E-state index contributed by atoms with van der Waals surface area (Å²) < 4.78 is 4.88. The van der Waals surface area contributed by atoms with Gasteiger partial charge in [0, 0.05) is 12.5 Å². The van der Waals surface area contributed by atoms with Crippen LogP contribution in [0.2, 0.25) is 0 Å². The van der Waals surface area contributed by atoms with Gasteiger partial charge in [0.25, 0.3) is 0 Å². The van der Waals surface area contributed by atoms with Crippen LogP contribution in [-0.2, 0) is 14.4 Å². The quantitative estimate of drug-likeness (QED) is 0.521. The average molecular weight is 323 g/mol. The number of methoxy groups -OCH3 is 1. The van der Waals surface area contributed by atoms with Crippen LogP contribution in [0.5, 0.6) is 11.5 Å². The van der Waals surface area contributed by atoms with Crippen LogP contribution in [0.15, 0.2) is 24.3 Å². The van der Waals surface area contributed by atoms with Crippen LogP contribution < -0.4 is 10.1 Å². The molecule has 1 atom stereocenters. The maximum atomic E-state index is 11.7. The Bertz CT molecular complexity index is 624. The van der Waals surface area contributed by atoms with E-state index >= 15 is 0 Å². The molecule has 8 nitrogen and oxygen atoms in total. The van der Waals surface area contributed by atoms with Gasteiger partial charge >= 0.3 is 11.9 Å². The van der Waals surface area contributed by atoms with E-state index in [-0.39, 0.29) is 24.3 Å². The second-order valence-electron chi connectivity index (χ2n) is 4.60. The van der Waals surface area contributed by atoms with Crippen molar-refractivity contribution in [3.05, 3.63) is 29.8 Å². The highest BCUT2D eigenvalue weighted by atomic mass is 16.5. The summed E-state index contributed by atoms with van der Waals surface area (Å²) in [6, 6.07) is 3.20. The predicted octanol–water partition coefficient (Wildman–Crippen LogP) is 0.848. The number of benzene rings is 1. The normalized spacial score (nSPS) is 11.9. The highest BCUT2D eigenvalue weighted by Crippen LogP contribution is 2.26. The summed E-state index contributed by atoms with van der Waals surface area (Å²) in [6.07, 6.45) is 1.89. The third kappa shape index (κ3) is 6.08. The minimum Gasteiger partial charge on any atom is -0.504 e. The van der Waals surface area contributed by atoms with Gasteiger partial charge in [0.1, 0.15) is 6.04 Å². The fourth-order valence-electron chi connectivity index (χ4n) is 1.73. The molecule has 1 aromatic rings. The third-order valence-corrected chi connectivity index (χ3v) is 2.89. The van der Waals surface area contributed by atoms with Crippen molar-refractivity contribution >= 4 is 23.9 Å². The monoisotopic (exact) mass is 323 g/mol. The van der Waals surface area contributed by atoms with E-state index in [0.29, 0.717) is 5.56 Å². The van der Waals surface area contributed by atoms with Crippen molar-refractivity contribution in [1.82, 2.24) is 5.32 Å². The Morgan fingerprint density at radius 2 is 2.00 bits per heavy atom. The van der Waals surface area contributed by atoms with E-state index in [4.69, 9.17) is 14.9 Å². The van der Waals surface area contributed by atoms with Crippen molar-refractivity contribution in [2.24, 2.45) is 0 Å². The maximum absolute atomic E-state index is 11.7. The highest BCUT2D eigenvalue weighted by Gasteiger charge is 2.19. The number of carbonyl (C=O) groups is 3. The fourth-order valence-corrected chi connectivity index (χ4v) is 1.73. The lowest BCUT2D eigenvalue weighted by Gasteiger charge is -2.11. The Morgan fingerprint density at radius 3 is 2.52 bits per heavy atom. The molecule has 4 N–H and O–H groups in total. The van der Waals surface area contributed by atoms with Gasteiger partial charge in [-0.1, -0.05) is 6.07 Å². The summed E-state index contributed by atoms with van der Waals surface area (Å²) in [5.41, 5.74) is 0.510. The summed E-state index contributed by atoms with van der Waals surface area (Å²) in [6.45, 7) is 0. The molecular formula is C15H17NO7. The van der Waals surface area contributed by atoms with Crippen LogP contribution >= 0.6 is 0 Å². The van der Waals surface area contributed by atoms with Crippen molar-refractivity contribution in [3.63, 3.8) is 0 Å². The number of amides is 1. The summed E-state index contributed by atoms with van der Waals surface area (Å²) >= 11 is 0. The van der Waals surface area contributed by atoms with E-state index in [9.17, 15) is 19.5 Å². The maximum Gasteiger partial charge on any atom is 0.326 e. The van der Waals surface area contributed by atoms with Gasteiger partial charge in [-0.3, -0.25) is 9.59 Å². The molecule has 0 aliphatic carbocycles. The standard InChI is InChI=1S/C15H17NO7/c1-23-12-5-2-9(8-11(12)17)3-6-13(18)16-10(15(21)22)4-7-14(19)20/h2-3,5-6,8,10,17H,4,7H2,1H3,(H,16,18)(H,19,20)(H,21,22)/t10-/m0/s1. The van der Waals surface area contributed by atoms with Crippen LogP contribution in [-0.4, -0.2) is 46.3 Å². The number of aliphatic carboxylic acids is 2. The van der Waals surface area contributed by atoms with Gasteiger partial charge in [-0.05, 0) is 30.2 Å². The van der Waals surface area contributed by atoms with E-state index in [1.807, 2.05) is 0 Å². The predicted molar refractivity (Wildman–Crippen MR) is 80.1 cm³/mol. The molecule has 0 bridgehead atoms. The Hall–Kier alpha value is -3.03. The topological polar surface area (TPSA) is 133 Å². The number of phenols is 1. The van der Waals surface area contributed by atoms with Crippen molar-refractivity contribution in [2.45, 2.75) is 18.9 Å². The Balaban J connectivity index is 2.68. The highest BCUT2D eigenvalue weighted by molar-refractivity contribution is 5.94. The van der Waals surface area contributed by atoms with Gasteiger partial charge in [0.05, 0.1) is 7.11 Å². The third-order valence-electron chi connectivity index (χ3n) is 2.89. The van der Waals surface area contributed by atoms with Gasteiger partial charge in [0.15, 0.2) is 11.5 Å². The number of nitrogens with one attached hydrogen (secondary N) is 1. The van der Waals surface area contributed by atoms with E-state index in [1.54, 1.807) is 6.07 Å². The molecule has 0 radical (unpaired) electrons. The van der Waals surface area contributed by atoms with Crippen LogP contribution in [0.25, 0.3) is 6.08 Å². The SMILES string of the molecule is COc1ccc(C=CC(=O)N[C@@H](CCC(=O)O)C(=O)O)cc1O. The first-order chi connectivity index (χ1) is 10.8. The zero-order valence-electron chi connectivity index (χ0n) is 12.4. The largest absolute Gasteiger partial charge is 0.504 e. The minimum atomic E-state index is -1.31. The number of hydrogen-bond donors (Lipinski definition) is 4. The van der Waals surface area contributed by atoms with Gasteiger partial charge in [-0.2, -0.15) is 0 Å². The lowest BCUT2D eigenvalue weighted by molar-refractivity contribution is -0.142. The van der Waals surface area contributed by atoms with Crippen molar-refractivity contribution in [1.29, 1.82) is 0 Å². The molecule has 0 fully saturated rings. The minimum absolute atomic E-state index is 0.0973. The number of rotatable bonds is 8. The molecule has 1 aromatic carbocycles. The molecule has 124 valence electrons. The van der Waals surface area contributed by atoms with E-state index in [1.165, 1.54) is 25.3 Å². The molecule has 0 spiro atoms. The number of carbonyl (C=O) groups excluding carboxylic acids is 1. The molecule has 0 heterocycles. The molecule has 8 heteroatoms. The molecule has 0 aromatic heterocycles. The van der Waals surface area contributed by atoms with E-state index in [2.05, 4.69) is 5.32 Å². The number of ether oxygens (including phenoxy) is 1. The summed E-state index contributed by atoms with van der Waals surface area (Å²) in [5.74, 6) is -2.95. The molecule has 23 heavy (non-hydrogen) atoms. The Kier molecular flexibility index (Phi) is 6.60. The average Bonchev–Trinajstić information content (AvgIpc) is 2.49. The second kappa shape index (κ2) is 8.42. The van der Waals surface area contributed by atoms with Crippen LogP contribution in [0.1, 0.15) is 18.4 Å². The summed E-state index contributed by atoms with van der Waals surface area (Å²) in [5, 5.41) is 29.3. The van der Waals surface area contributed by atoms with Gasteiger partial charge < -0.3 is 25.4 Å². The van der Waals surface area contributed by atoms with Crippen LogP contribution in [0.3, 0.4) is 0 Å². The molecule has 0 aliphatic heterocycles. The zero-order valence-corrected chi connectivity index (χ0v) is 12.4. The first kappa shape index (κ1) is 18.0. The number of carboxylic acids is 2. The smallest absolute Gasteiger partial charge is 0.326 e. The number of aromatic hydroxyl groups is 1. The van der Waals surface area contributed by atoms with E-state index < -0.39 is 23.9 Å². The van der Waals surface area contributed by atoms with Gasteiger partial charge in [-0.25, -0.2) is 4.79 Å². The molecule has 0 unspecified atom stereocenters. The molecular weight excluding hydrogens is 306 g/mol. The Labute approximate surface area is 132 Å². The summed E-state index contributed by atoms with van der Waals surface area (Å²) in [4.78, 5) is 33.1. The van der Waals surface area contributed by atoms with Crippen molar-refractivity contribution in [3.8, 4) is 11.5 Å². The summed E-state index contributed by atoms with van der Waals surface area (Å²) in [7, 11) is 1.40. The van der Waals surface area contributed by atoms with Crippen LogP contribution in [0.4, 0.5) is 0 Å². The second-order valence-corrected chi connectivity index (χ2v) is 4.60. The van der Waals surface area contributed by atoms with Crippen molar-refractivity contribution in [2.75, 3.05) is 7.11 Å². The number of carboxylic acid groups (broad SMARTS) is 2. The Morgan fingerprint density at radius 1 is 1.30 bits per heavy atom.